The van der Waals surface area contributed by atoms with E-state index in [0.29, 0.717) is 6.61 Å². The summed E-state index contributed by atoms with van der Waals surface area (Å²) in [4.78, 5) is 19.1. The van der Waals surface area contributed by atoms with Gasteiger partial charge in [0.1, 0.15) is 6.61 Å². The molecule has 1 N–H and O–H groups in total. The lowest BCUT2D eigenvalue weighted by atomic mass is 10.1. The summed E-state index contributed by atoms with van der Waals surface area (Å²) in [7, 11) is 6.26. The molecule has 0 spiro atoms. The zero-order chi connectivity index (χ0) is 40.0. The van der Waals surface area contributed by atoms with Crippen molar-refractivity contribution in [2.75, 3.05) is 73.6 Å². The minimum absolute atomic E-state index is 0.109. The van der Waals surface area contributed by atoms with Gasteiger partial charge in [0.25, 0.3) is 0 Å². The summed E-state index contributed by atoms with van der Waals surface area (Å²) in [6, 6.07) is 0. The molecular weight excluding hydrogens is 665 g/mol. The SMILES string of the molecule is CCCCCCCCCCN(CCCCCCCCCC)C(=O)OCCN(C)CCN(C)C.CCCCCCCCCCNCCCCCCCCCC. The van der Waals surface area contributed by atoms with E-state index in [1.807, 2.05) is 4.90 Å². The Bertz CT molecular complexity index is 654. The quantitative estimate of drug-likeness (QED) is 0.0627. The van der Waals surface area contributed by atoms with E-state index in [9.17, 15) is 4.79 Å². The zero-order valence-corrected chi connectivity index (χ0v) is 38.4. The van der Waals surface area contributed by atoms with Crippen LogP contribution in [0.3, 0.4) is 0 Å². The van der Waals surface area contributed by atoms with Crippen LogP contribution in [0.5, 0.6) is 0 Å². The number of unbranched alkanes of at least 4 members (excludes halogenated alkanes) is 28. The second-order valence-corrected chi connectivity index (χ2v) is 16.9. The summed E-state index contributed by atoms with van der Waals surface area (Å²) in [5.41, 5.74) is 0. The molecule has 0 atom stereocenters. The van der Waals surface area contributed by atoms with Gasteiger partial charge in [-0.3, -0.25) is 0 Å². The maximum Gasteiger partial charge on any atom is 0.409 e. The van der Waals surface area contributed by atoms with Crippen LogP contribution in [0.15, 0.2) is 0 Å². The molecule has 0 bridgehead atoms. The lowest BCUT2D eigenvalue weighted by Crippen LogP contribution is -2.36. The monoisotopic (exact) mass is 767 g/mol. The van der Waals surface area contributed by atoms with E-state index in [-0.39, 0.29) is 6.09 Å². The van der Waals surface area contributed by atoms with Gasteiger partial charge >= 0.3 is 6.09 Å². The van der Waals surface area contributed by atoms with Gasteiger partial charge in [-0.05, 0) is 59.9 Å². The molecule has 0 aromatic heterocycles. The van der Waals surface area contributed by atoms with Gasteiger partial charge in [-0.2, -0.15) is 0 Å². The fraction of sp³-hybridized carbons (Fsp3) is 0.979. The summed E-state index contributed by atoms with van der Waals surface area (Å²) in [6.45, 7) is 16.6. The predicted octanol–water partition coefficient (Wildman–Crippen LogP) is 14.1. The first kappa shape index (κ1) is 55.2. The van der Waals surface area contributed by atoms with Gasteiger partial charge in [-0.15, -0.1) is 0 Å². The number of amides is 1. The van der Waals surface area contributed by atoms with E-state index in [0.717, 1.165) is 45.6 Å². The van der Waals surface area contributed by atoms with Crippen LogP contribution in [0, 0.1) is 0 Å². The van der Waals surface area contributed by atoms with Gasteiger partial charge in [0.05, 0.1) is 0 Å². The maximum absolute atomic E-state index is 12.7. The summed E-state index contributed by atoms with van der Waals surface area (Å²) in [6.07, 6.45) is 43.4. The molecule has 1 amide bonds. The molecule has 0 aromatic carbocycles. The first-order chi connectivity index (χ1) is 26.4. The number of carbonyl (C=O) groups is 1. The second-order valence-electron chi connectivity index (χ2n) is 16.9. The molecule has 54 heavy (non-hydrogen) atoms. The predicted molar refractivity (Wildman–Crippen MR) is 242 cm³/mol. The van der Waals surface area contributed by atoms with E-state index >= 15 is 0 Å². The summed E-state index contributed by atoms with van der Waals surface area (Å²) < 4.78 is 5.66. The van der Waals surface area contributed by atoms with Gasteiger partial charge in [0.15, 0.2) is 0 Å². The van der Waals surface area contributed by atoms with Crippen LogP contribution in [0.25, 0.3) is 0 Å². The first-order valence-corrected chi connectivity index (χ1v) is 24.4. The van der Waals surface area contributed by atoms with Crippen molar-refractivity contribution in [3.8, 4) is 0 Å². The standard InChI is InChI=1S/C28H59N3O2.C20H43N/c1-6-8-10-12-14-16-18-20-22-31(23-21-19-17-15-13-11-9-7-2)28(32)33-27-26-30(5)25-24-29(3)4;1-3-5-7-9-11-13-15-17-19-21-20-18-16-14-12-10-8-6-4-2/h6-27H2,1-5H3;21H,3-20H2,1-2H3. The smallest absolute Gasteiger partial charge is 0.409 e. The van der Waals surface area contributed by atoms with Crippen LogP contribution in [0.4, 0.5) is 4.79 Å². The van der Waals surface area contributed by atoms with E-state index < -0.39 is 0 Å². The molecule has 0 radical (unpaired) electrons. The van der Waals surface area contributed by atoms with Crippen LogP contribution < -0.4 is 5.32 Å². The number of nitrogens with one attached hydrogen (secondary N) is 1. The largest absolute Gasteiger partial charge is 0.448 e. The molecular formula is C48H102N4O2. The van der Waals surface area contributed by atoms with Crippen molar-refractivity contribution in [2.45, 2.75) is 233 Å². The number of rotatable bonds is 42. The normalized spacial score (nSPS) is 11.4. The van der Waals surface area contributed by atoms with Crippen molar-refractivity contribution < 1.29 is 9.53 Å². The van der Waals surface area contributed by atoms with Crippen LogP contribution in [0.2, 0.25) is 0 Å². The Morgan fingerprint density at radius 1 is 0.389 bits per heavy atom. The van der Waals surface area contributed by atoms with Crippen LogP contribution in [-0.4, -0.2) is 94.4 Å². The fourth-order valence-corrected chi connectivity index (χ4v) is 6.92. The highest BCUT2D eigenvalue weighted by Crippen LogP contribution is 2.13. The number of likely N-dealkylation sites (N-methyl/N-ethyl adjacent to an activating group) is 2. The topological polar surface area (TPSA) is 48.1 Å². The van der Waals surface area contributed by atoms with Crippen LogP contribution >= 0.6 is 0 Å². The number of hydrogen-bond donors (Lipinski definition) is 1. The average molecular weight is 767 g/mol. The molecule has 0 rings (SSSR count). The van der Waals surface area contributed by atoms with Crippen LogP contribution in [0.1, 0.15) is 233 Å². The summed E-state index contributed by atoms with van der Waals surface area (Å²) in [5, 5.41) is 3.61. The highest BCUT2D eigenvalue weighted by Gasteiger charge is 2.15. The van der Waals surface area contributed by atoms with E-state index in [1.165, 1.54) is 206 Å². The van der Waals surface area contributed by atoms with Crippen LogP contribution in [-0.2, 0) is 4.74 Å². The molecule has 6 heteroatoms. The lowest BCUT2D eigenvalue weighted by Gasteiger charge is -2.24. The minimum Gasteiger partial charge on any atom is -0.448 e. The molecule has 0 aliphatic carbocycles. The van der Waals surface area contributed by atoms with Gasteiger partial charge in [-0.25, -0.2) is 4.79 Å². The van der Waals surface area contributed by atoms with Crippen molar-refractivity contribution >= 4 is 6.09 Å². The third-order valence-electron chi connectivity index (χ3n) is 10.9. The molecule has 0 aliphatic heterocycles. The zero-order valence-electron chi connectivity index (χ0n) is 38.4. The highest BCUT2D eigenvalue weighted by molar-refractivity contribution is 5.67. The Balaban J connectivity index is 0. The summed E-state index contributed by atoms with van der Waals surface area (Å²) in [5.74, 6) is 0. The number of ether oxygens (including phenoxy) is 1. The Morgan fingerprint density at radius 3 is 1.04 bits per heavy atom. The molecule has 6 nitrogen and oxygen atoms in total. The van der Waals surface area contributed by atoms with Crippen molar-refractivity contribution in [3.05, 3.63) is 0 Å². The Labute approximate surface area is 341 Å². The highest BCUT2D eigenvalue weighted by atomic mass is 16.6. The fourth-order valence-electron chi connectivity index (χ4n) is 6.92. The molecule has 0 aliphatic rings. The Morgan fingerprint density at radius 2 is 0.704 bits per heavy atom. The van der Waals surface area contributed by atoms with E-state index in [2.05, 4.69) is 64.0 Å². The van der Waals surface area contributed by atoms with Crippen molar-refractivity contribution in [3.63, 3.8) is 0 Å². The van der Waals surface area contributed by atoms with Crippen molar-refractivity contribution in [1.82, 2.24) is 20.0 Å². The molecule has 0 saturated carbocycles. The third kappa shape index (κ3) is 47.3. The lowest BCUT2D eigenvalue weighted by molar-refractivity contribution is 0.0914. The first-order valence-electron chi connectivity index (χ1n) is 24.4. The minimum atomic E-state index is -0.109. The van der Waals surface area contributed by atoms with Gasteiger partial charge < -0.3 is 24.8 Å². The molecule has 0 aromatic rings. The van der Waals surface area contributed by atoms with Crippen molar-refractivity contribution in [2.24, 2.45) is 0 Å². The summed E-state index contributed by atoms with van der Waals surface area (Å²) >= 11 is 0. The number of carbonyl (C=O) groups excluding carboxylic acids is 1. The van der Waals surface area contributed by atoms with Gasteiger partial charge in [-0.1, -0.05) is 207 Å². The molecule has 0 unspecified atom stereocenters. The molecule has 0 fully saturated rings. The molecule has 0 heterocycles. The average Bonchev–Trinajstić information content (AvgIpc) is 3.16. The number of nitrogens with zero attached hydrogens (tertiary/aromatic N) is 3. The van der Waals surface area contributed by atoms with E-state index in [1.54, 1.807) is 0 Å². The Kier molecular flexibility index (Phi) is 49.4. The number of hydrogen-bond acceptors (Lipinski definition) is 5. The van der Waals surface area contributed by atoms with Gasteiger partial charge in [0, 0.05) is 32.7 Å². The maximum atomic E-state index is 12.7. The third-order valence-corrected chi connectivity index (χ3v) is 10.9. The van der Waals surface area contributed by atoms with Gasteiger partial charge in [0.2, 0.25) is 0 Å². The molecule has 0 saturated heterocycles. The second kappa shape index (κ2) is 48.3. The van der Waals surface area contributed by atoms with Crippen molar-refractivity contribution in [1.29, 1.82) is 0 Å². The Hall–Kier alpha value is -0.850. The molecule has 326 valence electrons. The van der Waals surface area contributed by atoms with E-state index in [4.69, 9.17) is 4.74 Å².